The number of carbonyl (C=O) groups is 1. The molecule has 4 rings (SSSR count). The van der Waals surface area contributed by atoms with Crippen LogP contribution in [0.1, 0.15) is 11.1 Å². The first-order chi connectivity index (χ1) is 14.3. The number of aromatic nitrogens is 4. The number of alkyl halides is 3. The molecule has 3 N–H and O–H groups in total. The molecule has 1 fully saturated rings. The standard InChI is InChI=1S/C18H16F3N7O2/c19-18(20,21)14-8-25-9-17(28(14)16(22)29,12-2-1-3-23-6-12)13-4-11(5-24-7-13)15-26-10-30-27-15/h1-7,10,14,25H,8-9H2,(H2,22,29). The Hall–Kier alpha value is -3.54. The summed E-state index contributed by atoms with van der Waals surface area (Å²) in [5.41, 5.74) is 4.94. The van der Waals surface area contributed by atoms with E-state index in [2.05, 4.69) is 25.4 Å². The van der Waals surface area contributed by atoms with E-state index in [9.17, 15) is 18.0 Å². The Morgan fingerprint density at radius 3 is 2.70 bits per heavy atom. The van der Waals surface area contributed by atoms with Crippen LogP contribution in [-0.4, -0.2) is 56.3 Å². The van der Waals surface area contributed by atoms with Crippen LogP contribution >= 0.6 is 0 Å². The van der Waals surface area contributed by atoms with Gasteiger partial charge in [0.15, 0.2) is 0 Å². The highest BCUT2D eigenvalue weighted by Crippen LogP contribution is 2.42. The number of carbonyl (C=O) groups excluding carboxylic acids is 1. The summed E-state index contributed by atoms with van der Waals surface area (Å²) in [5.74, 6) is 0.201. The average molecular weight is 419 g/mol. The molecule has 2 unspecified atom stereocenters. The highest BCUT2D eigenvalue weighted by atomic mass is 19.4. The van der Waals surface area contributed by atoms with Gasteiger partial charge in [0.25, 0.3) is 0 Å². The summed E-state index contributed by atoms with van der Waals surface area (Å²) in [6.45, 7) is -0.530. The lowest BCUT2D eigenvalue weighted by atomic mass is 9.79. The number of pyridine rings is 2. The van der Waals surface area contributed by atoms with Gasteiger partial charge in [-0.05, 0) is 12.1 Å². The smallest absolute Gasteiger partial charge is 0.351 e. The molecule has 30 heavy (non-hydrogen) atoms. The van der Waals surface area contributed by atoms with Gasteiger partial charge in [-0.1, -0.05) is 11.2 Å². The van der Waals surface area contributed by atoms with Gasteiger partial charge in [0.2, 0.25) is 12.2 Å². The van der Waals surface area contributed by atoms with Gasteiger partial charge in [0.1, 0.15) is 11.6 Å². The molecule has 9 nitrogen and oxygen atoms in total. The molecular weight excluding hydrogens is 403 g/mol. The van der Waals surface area contributed by atoms with Crippen LogP contribution in [0.4, 0.5) is 18.0 Å². The van der Waals surface area contributed by atoms with Crippen molar-refractivity contribution in [3.63, 3.8) is 0 Å². The number of hydrogen-bond donors (Lipinski definition) is 2. The number of urea groups is 1. The maximum atomic E-state index is 13.9. The number of piperazine rings is 1. The van der Waals surface area contributed by atoms with Crippen molar-refractivity contribution in [2.75, 3.05) is 13.1 Å². The Morgan fingerprint density at radius 1 is 1.27 bits per heavy atom. The van der Waals surface area contributed by atoms with Gasteiger partial charge in [0, 0.05) is 54.6 Å². The van der Waals surface area contributed by atoms with E-state index >= 15 is 0 Å². The second kappa shape index (κ2) is 7.37. The second-order valence-corrected chi connectivity index (χ2v) is 6.72. The lowest BCUT2D eigenvalue weighted by Gasteiger charge is -2.51. The SMILES string of the molecule is NC(=O)N1C(C(F)(F)F)CNCC1(c1cccnc1)c1cncc(-c2ncon2)c1. The van der Waals surface area contributed by atoms with Gasteiger partial charge < -0.3 is 15.6 Å². The van der Waals surface area contributed by atoms with E-state index in [1.807, 2.05) is 0 Å². The van der Waals surface area contributed by atoms with E-state index in [1.165, 1.54) is 24.8 Å². The zero-order valence-electron chi connectivity index (χ0n) is 15.4. The Labute approximate surface area is 168 Å². The Kier molecular flexibility index (Phi) is 4.86. The molecule has 0 saturated carbocycles. The van der Waals surface area contributed by atoms with Crippen molar-refractivity contribution in [3.05, 3.63) is 60.5 Å². The van der Waals surface area contributed by atoms with E-state index < -0.39 is 30.3 Å². The molecule has 3 aromatic rings. The van der Waals surface area contributed by atoms with Crippen molar-refractivity contribution in [3.8, 4) is 11.4 Å². The van der Waals surface area contributed by atoms with Crippen molar-refractivity contribution in [1.82, 2.24) is 30.3 Å². The largest absolute Gasteiger partial charge is 0.410 e. The van der Waals surface area contributed by atoms with Crippen LogP contribution < -0.4 is 11.1 Å². The third-order valence-electron chi connectivity index (χ3n) is 5.03. The molecule has 0 spiro atoms. The normalized spacial score (nSPS) is 22.1. The number of nitrogens with zero attached hydrogens (tertiary/aromatic N) is 5. The number of hydrogen-bond acceptors (Lipinski definition) is 7. The van der Waals surface area contributed by atoms with Gasteiger partial charge in [-0.2, -0.15) is 18.2 Å². The van der Waals surface area contributed by atoms with Crippen molar-refractivity contribution in [2.45, 2.75) is 17.8 Å². The number of halogens is 3. The minimum atomic E-state index is -4.71. The molecule has 0 aromatic carbocycles. The molecule has 4 heterocycles. The quantitative estimate of drug-likeness (QED) is 0.662. The summed E-state index contributed by atoms with van der Waals surface area (Å²) in [4.78, 5) is 25.2. The molecule has 1 saturated heterocycles. The molecule has 156 valence electrons. The van der Waals surface area contributed by atoms with Gasteiger partial charge in [-0.15, -0.1) is 0 Å². The van der Waals surface area contributed by atoms with Crippen LogP contribution in [0.3, 0.4) is 0 Å². The maximum Gasteiger partial charge on any atom is 0.410 e. The molecule has 2 atom stereocenters. The summed E-state index contributed by atoms with van der Waals surface area (Å²) in [5, 5.41) is 6.53. The van der Waals surface area contributed by atoms with Crippen LogP contribution in [0, 0.1) is 0 Å². The average Bonchev–Trinajstić information content (AvgIpc) is 3.28. The van der Waals surface area contributed by atoms with E-state index in [0.717, 1.165) is 6.39 Å². The van der Waals surface area contributed by atoms with E-state index in [-0.39, 0.29) is 17.9 Å². The molecule has 1 aliphatic rings. The predicted octanol–water partition coefficient (Wildman–Crippen LogP) is 1.68. The minimum Gasteiger partial charge on any atom is -0.351 e. The highest BCUT2D eigenvalue weighted by molar-refractivity contribution is 5.75. The van der Waals surface area contributed by atoms with Crippen LogP contribution in [-0.2, 0) is 5.54 Å². The maximum absolute atomic E-state index is 13.9. The van der Waals surface area contributed by atoms with Crippen molar-refractivity contribution < 1.29 is 22.5 Å². The number of rotatable bonds is 3. The minimum absolute atomic E-state index is 0.0361. The molecular formula is C18H16F3N7O2. The van der Waals surface area contributed by atoms with Crippen LogP contribution in [0.2, 0.25) is 0 Å². The molecule has 1 aliphatic heterocycles. The van der Waals surface area contributed by atoms with Crippen LogP contribution in [0.5, 0.6) is 0 Å². The van der Waals surface area contributed by atoms with Crippen molar-refractivity contribution in [1.29, 1.82) is 0 Å². The molecule has 0 aliphatic carbocycles. The summed E-state index contributed by atoms with van der Waals surface area (Å²) >= 11 is 0. The van der Waals surface area contributed by atoms with Crippen LogP contribution in [0.15, 0.2) is 53.9 Å². The van der Waals surface area contributed by atoms with Gasteiger partial charge >= 0.3 is 12.2 Å². The summed E-state index contributed by atoms with van der Waals surface area (Å²) in [7, 11) is 0. The van der Waals surface area contributed by atoms with Gasteiger partial charge in [0.05, 0.1) is 0 Å². The second-order valence-electron chi connectivity index (χ2n) is 6.72. The topological polar surface area (TPSA) is 123 Å². The highest BCUT2D eigenvalue weighted by Gasteiger charge is 2.56. The van der Waals surface area contributed by atoms with Crippen molar-refractivity contribution in [2.24, 2.45) is 5.73 Å². The fraction of sp³-hybridized carbons (Fsp3) is 0.278. The Morgan fingerprint density at radius 2 is 2.07 bits per heavy atom. The van der Waals surface area contributed by atoms with Crippen LogP contribution in [0.25, 0.3) is 11.4 Å². The third-order valence-corrected chi connectivity index (χ3v) is 5.03. The van der Waals surface area contributed by atoms with Crippen molar-refractivity contribution >= 4 is 6.03 Å². The zero-order valence-corrected chi connectivity index (χ0v) is 15.4. The monoisotopic (exact) mass is 419 g/mol. The van der Waals surface area contributed by atoms with Gasteiger partial charge in [-0.25, -0.2) is 4.79 Å². The number of nitrogens with two attached hydrogens (primary N) is 1. The fourth-order valence-electron chi connectivity index (χ4n) is 3.78. The third kappa shape index (κ3) is 3.24. The first kappa shape index (κ1) is 19.8. The molecule has 0 radical (unpaired) electrons. The molecule has 0 bridgehead atoms. The molecule has 2 amide bonds. The number of amides is 2. The van der Waals surface area contributed by atoms with Gasteiger partial charge in [-0.3, -0.25) is 14.9 Å². The Bertz CT molecular complexity index is 1030. The Balaban J connectivity index is 1.97. The lowest BCUT2D eigenvalue weighted by Crippen LogP contribution is -2.70. The fourth-order valence-corrected chi connectivity index (χ4v) is 3.78. The number of primary amides is 1. The predicted molar refractivity (Wildman–Crippen MR) is 96.7 cm³/mol. The molecule has 12 heteroatoms. The lowest BCUT2D eigenvalue weighted by molar-refractivity contribution is -0.191. The number of nitrogens with one attached hydrogen (secondary N) is 1. The first-order valence-corrected chi connectivity index (χ1v) is 8.83. The summed E-state index contributed by atoms with van der Waals surface area (Å²) < 4.78 is 46.4. The first-order valence-electron chi connectivity index (χ1n) is 8.83. The van der Waals surface area contributed by atoms with E-state index in [1.54, 1.807) is 18.2 Å². The van der Waals surface area contributed by atoms with E-state index in [0.29, 0.717) is 16.0 Å². The summed E-state index contributed by atoms with van der Waals surface area (Å²) in [6.07, 6.45) is 2.12. The zero-order chi connectivity index (χ0) is 21.4. The van der Waals surface area contributed by atoms with E-state index in [4.69, 9.17) is 10.3 Å². The molecule has 3 aromatic heterocycles. The summed E-state index contributed by atoms with van der Waals surface area (Å²) in [6, 6.07) is 1.35.